The average Bonchev–Trinajstić information content (AvgIpc) is 2.26. The Morgan fingerprint density at radius 3 is 2.94 bits per heavy atom. The van der Waals surface area contributed by atoms with Crippen molar-refractivity contribution in [2.75, 3.05) is 29.6 Å². The molecule has 0 bridgehead atoms. The van der Waals surface area contributed by atoms with Gasteiger partial charge >= 0.3 is 0 Å². The van der Waals surface area contributed by atoms with E-state index in [1.165, 1.54) is 12.1 Å². The first-order valence-corrected chi connectivity index (χ1v) is 6.57. The number of rotatable bonds is 6. The number of anilines is 2. The van der Waals surface area contributed by atoms with E-state index in [0.717, 1.165) is 5.75 Å². The van der Waals surface area contributed by atoms with Crippen LogP contribution in [0.5, 0.6) is 0 Å². The number of nitrogens with two attached hydrogens (primary N) is 1. The van der Waals surface area contributed by atoms with Gasteiger partial charge in [0.05, 0.1) is 17.1 Å². The van der Waals surface area contributed by atoms with E-state index in [1.54, 1.807) is 11.8 Å². The standard InChI is InChI=1S/C10H16N4O2S/c1-7(6-17-2)5-12-10-4-8(14(15)16)3-9(11)13-10/h3-4,7H,5-6H2,1-2H3,(H3,11,12,13). The molecule has 7 heteroatoms. The predicted octanol–water partition coefficient (Wildman–Crippen LogP) is 1.98. The molecule has 0 aliphatic rings. The minimum atomic E-state index is -0.478. The zero-order valence-electron chi connectivity index (χ0n) is 9.84. The number of nitrogen functional groups attached to an aromatic ring is 1. The first-order valence-electron chi connectivity index (χ1n) is 5.17. The van der Waals surface area contributed by atoms with Gasteiger partial charge in [-0.05, 0) is 17.9 Å². The summed E-state index contributed by atoms with van der Waals surface area (Å²) in [5.74, 6) is 2.09. The number of nitro groups is 1. The summed E-state index contributed by atoms with van der Waals surface area (Å²) < 4.78 is 0. The lowest BCUT2D eigenvalue weighted by Gasteiger charge is -2.11. The second-order valence-corrected chi connectivity index (χ2v) is 4.74. The highest BCUT2D eigenvalue weighted by atomic mass is 32.2. The Labute approximate surface area is 104 Å². The highest BCUT2D eigenvalue weighted by molar-refractivity contribution is 7.98. The summed E-state index contributed by atoms with van der Waals surface area (Å²) in [5.41, 5.74) is 5.46. The lowest BCUT2D eigenvalue weighted by atomic mass is 10.2. The fraction of sp³-hybridized carbons (Fsp3) is 0.500. The first kappa shape index (κ1) is 13.6. The van der Waals surface area contributed by atoms with E-state index >= 15 is 0 Å². The molecule has 0 fully saturated rings. The van der Waals surface area contributed by atoms with Gasteiger partial charge in [0.15, 0.2) is 0 Å². The average molecular weight is 256 g/mol. The highest BCUT2D eigenvalue weighted by Gasteiger charge is 2.10. The summed E-state index contributed by atoms with van der Waals surface area (Å²) in [4.78, 5) is 14.2. The van der Waals surface area contributed by atoms with Gasteiger partial charge in [-0.3, -0.25) is 10.1 Å². The molecule has 0 amide bonds. The van der Waals surface area contributed by atoms with E-state index in [-0.39, 0.29) is 11.5 Å². The van der Waals surface area contributed by atoms with Gasteiger partial charge in [0.1, 0.15) is 11.6 Å². The van der Waals surface area contributed by atoms with E-state index in [4.69, 9.17) is 5.73 Å². The van der Waals surface area contributed by atoms with Gasteiger partial charge in [-0.15, -0.1) is 0 Å². The van der Waals surface area contributed by atoms with Crippen molar-refractivity contribution in [3.8, 4) is 0 Å². The third kappa shape index (κ3) is 4.48. The monoisotopic (exact) mass is 256 g/mol. The molecule has 1 aromatic rings. The smallest absolute Gasteiger partial charge is 0.276 e. The van der Waals surface area contributed by atoms with Crippen LogP contribution in [0.15, 0.2) is 12.1 Å². The fourth-order valence-corrected chi connectivity index (χ4v) is 2.04. The van der Waals surface area contributed by atoms with Crippen LogP contribution in [0.4, 0.5) is 17.3 Å². The quantitative estimate of drug-likeness (QED) is 0.597. The summed E-state index contributed by atoms with van der Waals surface area (Å²) >= 11 is 1.76. The summed E-state index contributed by atoms with van der Waals surface area (Å²) in [6, 6.07) is 2.64. The van der Waals surface area contributed by atoms with Crippen molar-refractivity contribution < 1.29 is 4.92 Å². The summed E-state index contributed by atoms with van der Waals surface area (Å²) in [7, 11) is 0. The molecule has 6 nitrogen and oxygen atoms in total. The molecule has 0 radical (unpaired) electrons. The third-order valence-electron chi connectivity index (χ3n) is 2.12. The SMILES string of the molecule is CSCC(C)CNc1cc([N+](=O)[O-])cc(N)n1. The molecular weight excluding hydrogens is 240 g/mol. The van der Waals surface area contributed by atoms with Gasteiger partial charge in [-0.1, -0.05) is 6.92 Å². The van der Waals surface area contributed by atoms with Crippen molar-refractivity contribution in [1.82, 2.24) is 4.98 Å². The number of hydrogen-bond acceptors (Lipinski definition) is 6. The minimum absolute atomic E-state index is 0.0440. The molecule has 0 aromatic carbocycles. The van der Waals surface area contributed by atoms with Crippen LogP contribution in [0.2, 0.25) is 0 Å². The van der Waals surface area contributed by atoms with E-state index in [9.17, 15) is 10.1 Å². The molecule has 0 aliphatic heterocycles. The van der Waals surface area contributed by atoms with E-state index in [2.05, 4.69) is 17.2 Å². The van der Waals surface area contributed by atoms with Crippen molar-refractivity contribution in [3.05, 3.63) is 22.2 Å². The largest absolute Gasteiger partial charge is 0.383 e. The third-order valence-corrected chi connectivity index (χ3v) is 3.03. The molecule has 1 aromatic heterocycles. The van der Waals surface area contributed by atoms with Crippen LogP contribution in [-0.2, 0) is 0 Å². The van der Waals surface area contributed by atoms with Gasteiger partial charge in [0.25, 0.3) is 5.69 Å². The second kappa shape index (κ2) is 6.29. The molecule has 1 atom stereocenters. The zero-order chi connectivity index (χ0) is 12.8. The Kier molecular flexibility index (Phi) is 5.02. The summed E-state index contributed by atoms with van der Waals surface area (Å²) in [6.07, 6.45) is 2.04. The minimum Gasteiger partial charge on any atom is -0.383 e. The Morgan fingerprint density at radius 1 is 1.65 bits per heavy atom. The van der Waals surface area contributed by atoms with Crippen LogP contribution in [0.3, 0.4) is 0 Å². The maximum atomic E-state index is 10.6. The van der Waals surface area contributed by atoms with Gasteiger partial charge in [0.2, 0.25) is 0 Å². The van der Waals surface area contributed by atoms with Gasteiger partial charge in [0, 0.05) is 6.54 Å². The fourth-order valence-electron chi connectivity index (χ4n) is 1.36. The predicted molar refractivity (Wildman–Crippen MR) is 71.3 cm³/mol. The number of hydrogen-bond donors (Lipinski definition) is 2. The molecule has 0 spiro atoms. The van der Waals surface area contributed by atoms with E-state index in [0.29, 0.717) is 18.3 Å². The van der Waals surface area contributed by atoms with Crippen molar-refractivity contribution in [3.63, 3.8) is 0 Å². The van der Waals surface area contributed by atoms with Crippen molar-refractivity contribution in [2.45, 2.75) is 6.92 Å². The lowest BCUT2D eigenvalue weighted by molar-refractivity contribution is -0.384. The Morgan fingerprint density at radius 2 is 2.35 bits per heavy atom. The van der Waals surface area contributed by atoms with Crippen LogP contribution in [-0.4, -0.2) is 28.5 Å². The second-order valence-electron chi connectivity index (χ2n) is 3.83. The first-order chi connectivity index (χ1) is 8.02. The number of pyridine rings is 1. The molecule has 17 heavy (non-hydrogen) atoms. The van der Waals surface area contributed by atoms with Crippen molar-refractivity contribution in [1.29, 1.82) is 0 Å². The molecule has 0 saturated carbocycles. The maximum Gasteiger partial charge on any atom is 0.276 e. The Balaban J connectivity index is 2.68. The van der Waals surface area contributed by atoms with E-state index < -0.39 is 4.92 Å². The Bertz CT molecular complexity index is 400. The topological polar surface area (TPSA) is 94.1 Å². The maximum absolute atomic E-state index is 10.6. The Hall–Kier alpha value is -1.50. The molecule has 1 rings (SSSR count). The number of nitrogens with one attached hydrogen (secondary N) is 1. The normalized spacial score (nSPS) is 12.1. The van der Waals surface area contributed by atoms with E-state index in [1.807, 2.05) is 6.26 Å². The van der Waals surface area contributed by atoms with Crippen LogP contribution in [0, 0.1) is 16.0 Å². The number of thioether (sulfide) groups is 1. The van der Waals surface area contributed by atoms with Gasteiger partial charge in [-0.2, -0.15) is 11.8 Å². The van der Waals surface area contributed by atoms with Crippen LogP contribution in [0.25, 0.3) is 0 Å². The molecular formula is C10H16N4O2S. The van der Waals surface area contributed by atoms with Gasteiger partial charge < -0.3 is 11.1 Å². The summed E-state index contributed by atoms with van der Waals surface area (Å²) in [6.45, 7) is 2.82. The molecule has 0 aliphatic carbocycles. The van der Waals surface area contributed by atoms with Gasteiger partial charge in [-0.25, -0.2) is 4.98 Å². The molecule has 1 heterocycles. The number of aromatic nitrogens is 1. The lowest BCUT2D eigenvalue weighted by Crippen LogP contribution is -2.14. The molecule has 0 saturated heterocycles. The number of nitrogens with zero attached hydrogens (tertiary/aromatic N) is 2. The molecule has 94 valence electrons. The molecule has 1 unspecified atom stereocenters. The van der Waals surface area contributed by atoms with Crippen LogP contribution in [0.1, 0.15) is 6.92 Å². The van der Waals surface area contributed by atoms with Crippen LogP contribution >= 0.6 is 11.8 Å². The van der Waals surface area contributed by atoms with Crippen molar-refractivity contribution >= 4 is 29.1 Å². The highest BCUT2D eigenvalue weighted by Crippen LogP contribution is 2.19. The van der Waals surface area contributed by atoms with Crippen molar-refractivity contribution in [2.24, 2.45) is 5.92 Å². The molecule has 3 N–H and O–H groups in total. The zero-order valence-corrected chi connectivity index (χ0v) is 10.7. The van der Waals surface area contributed by atoms with Crippen LogP contribution < -0.4 is 11.1 Å². The summed E-state index contributed by atoms with van der Waals surface area (Å²) in [5, 5.41) is 13.7.